The summed E-state index contributed by atoms with van der Waals surface area (Å²) in [6.45, 7) is 2.89. The molecule has 3 heteroatoms. The summed E-state index contributed by atoms with van der Waals surface area (Å²) >= 11 is 0. The molecular weight excluding hydrogens is 246 g/mol. The largest absolute Gasteiger partial charge is 0.399 e. The maximum Gasteiger partial charge on any atom is 0.140 e. The van der Waals surface area contributed by atoms with Crippen LogP contribution in [-0.4, -0.2) is 9.55 Å². The van der Waals surface area contributed by atoms with Crippen LogP contribution in [0.25, 0.3) is 11.4 Å². The van der Waals surface area contributed by atoms with E-state index in [4.69, 9.17) is 5.73 Å². The van der Waals surface area contributed by atoms with Crippen molar-refractivity contribution in [3.8, 4) is 11.4 Å². The SMILES string of the molecule is Cc1cccc(-c2nccn2Cc2ccc(N)cc2)c1. The van der Waals surface area contributed by atoms with Gasteiger partial charge in [0.15, 0.2) is 0 Å². The second kappa shape index (κ2) is 5.21. The Morgan fingerprint density at radius 3 is 2.65 bits per heavy atom. The van der Waals surface area contributed by atoms with E-state index in [1.54, 1.807) is 0 Å². The molecule has 3 nitrogen and oxygen atoms in total. The minimum absolute atomic E-state index is 0.790. The number of aryl methyl sites for hydroxylation is 1. The molecule has 0 atom stereocenters. The van der Waals surface area contributed by atoms with Crippen LogP contribution in [0, 0.1) is 6.92 Å². The van der Waals surface area contributed by atoms with Crippen LogP contribution in [0.4, 0.5) is 5.69 Å². The minimum Gasteiger partial charge on any atom is -0.399 e. The zero-order valence-corrected chi connectivity index (χ0v) is 11.5. The summed E-state index contributed by atoms with van der Waals surface area (Å²) in [4.78, 5) is 4.48. The zero-order valence-electron chi connectivity index (χ0n) is 11.5. The van der Waals surface area contributed by atoms with Crippen LogP contribution in [0.1, 0.15) is 11.1 Å². The Bertz CT molecular complexity index is 711. The molecular formula is C17H17N3. The quantitative estimate of drug-likeness (QED) is 0.735. The molecule has 0 aliphatic heterocycles. The van der Waals surface area contributed by atoms with Crippen LogP contribution in [0.2, 0.25) is 0 Å². The Balaban J connectivity index is 1.92. The molecule has 100 valence electrons. The number of aromatic nitrogens is 2. The molecule has 0 saturated heterocycles. The van der Waals surface area contributed by atoms with Gasteiger partial charge >= 0.3 is 0 Å². The number of nitrogens with zero attached hydrogens (tertiary/aromatic N) is 2. The van der Waals surface area contributed by atoms with Crippen LogP contribution >= 0.6 is 0 Å². The van der Waals surface area contributed by atoms with E-state index < -0.39 is 0 Å². The summed E-state index contributed by atoms with van der Waals surface area (Å²) < 4.78 is 2.15. The molecule has 1 aromatic heterocycles. The molecule has 0 fully saturated rings. The fourth-order valence-electron chi connectivity index (χ4n) is 2.30. The van der Waals surface area contributed by atoms with Crippen molar-refractivity contribution in [2.45, 2.75) is 13.5 Å². The Morgan fingerprint density at radius 1 is 1.10 bits per heavy atom. The number of nitrogen functional groups attached to an aromatic ring is 1. The van der Waals surface area contributed by atoms with Crippen LogP contribution in [0.15, 0.2) is 60.9 Å². The molecule has 2 N–H and O–H groups in total. The third kappa shape index (κ3) is 2.57. The molecule has 0 amide bonds. The summed E-state index contributed by atoms with van der Waals surface area (Å²) in [5.41, 5.74) is 10.1. The van der Waals surface area contributed by atoms with Crippen molar-refractivity contribution in [1.82, 2.24) is 9.55 Å². The van der Waals surface area contributed by atoms with Crippen LogP contribution < -0.4 is 5.73 Å². The minimum atomic E-state index is 0.790. The maximum absolute atomic E-state index is 5.72. The van der Waals surface area contributed by atoms with Crippen molar-refractivity contribution >= 4 is 5.69 Å². The van der Waals surface area contributed by atoms with Gasteiger partial charge in [0.2, 0.25) is 0 Å². The van der Waals surface area contributed by atoms with Gasteiger partial charge in [0.25, 0.3) is 0 Å². The highest BCUT2D eigenvalue weighted by atomic mass is 15.1. The second-order valence-electron chi connectivity index (χ2n) is 4.99. The van der Waals surface area contributed by atoms with Crippen molar-refractivity contribution in [3.63, 3.8) is 0 Å². The number of hydrogen-bond acceptors (Lipinski definition) is 2. The number of benzene rings is 2. The highest BCUT2D eigenvalue weighted by Gasteiger charge is 2.06. The van der Waals surface area contributed by atoms with E-state index in [9.17, 15) is 0 Å². The molecule has 0 aliphatic carbocycles. The van der Waals surface area contributed by atoms with E-state index in [0.29, 0.717) is 0 Å². The lowest BCUT2D eigenvalue weighted by Gasteiger charge is -2.09. The Hall–Kier alpha value is -2.55. The number of rotatable bonds is 3. The Kier molecular flexibility index (Phi) is 3.25. The first-order valence-corrected chi connectivity index (χ1v) is 6.65. The molecule has 3 aromatic rings. The standard InChI is InChI=1S/C17H17N3/c1-13-3-2-4-15(11-13)17-19-9-10-20(17)12-14-5-7-16(18)8-6-14/h2-11H,12,18H2,1H3. The molecule has 0 bridgehead atoms. The van der Waals surface area contributed by atoms with Gasteiger partial charge in [-0.1, -0.05) is 35.9 Å². The van der Waals surface area contributed by atoms with Gasteiger partial charge in [-0.05, 0) is 30.7 Å². The molecule has 2 aromatic carbocycles. The zero-order chi connectivity index (χ0) is 13.9. The molecule has 0 unspecified atom stereocenters. The van der Waals surface area contributed by atoms with E-state index in [0.717, 1.165) is 23.6 Å². The van der Waals surface area contributed by atoms with Crippen LogP contribution in [-0.2, 0) is 6.54 Å². The van der Waals surface area contributed by atoms with Gasteiger partial charge in [-0.2, -0.15) is 0 Å². The third-order valence-corrected chi connectivity index (χ3v) is 3.32. The summed E-state index contributed by atoms with van der Waals surface area (Å²) in [5, 5.41) is 0. The Labute approximate surface area is 118 Å². The molecule has 1 heterocycles. The van der Waals surface area contributed by atoms with Crippen molar-refractivity contribution in [3.05, 3.63) is 72.1 Å². The van der Waals surface area contributed by atoms with Crippen molar-refractivity contribution in [1.29, 1.82) is 0 Å². The van der Waals surface area contributed by atoms with E-state index in [1.165, 1.54) is 11.1 Å². The molecule has 0 saturated carbocycles. The smallest absolute Gasteiger partial charge is 0.140 e. The monoisotopic (exact) mass is 263 g/mol. The molecule has 20 heavy (non-hydrogen) atoms. The number of anilines is 1. The molecule has 0 aliphatic rings. The molecule has 0 spiro atoms. The normalized spacial score (nSPS) is 10.7. The van der Waals surface area contributed by atoms with Gasteiger partial charge in [-0.15, -0.1) is 0 Å². The van der Waals surface area contributed by atoms with Gasteiger partial charge in [0, 0.05) is 30.2 Å². The van der Waals surface area contributed by atoms with Crippen LogP contribution in [0.5, 0.6) is 0 Å². The highest BCUT2D eigenvalue weighted by molar-refractivity contribution is 5.56. The first-order valence-electron chi connectivity index (χ1n) is 6.65. The van der Waals surface area contributed by atoms with Gasteiger partial charge < -0.3 is 10.3 Å². The van der Waals surface area contributed by atoms with Crippen molar-refractivity contribution in [2.75, 3.05) is 5.73 Å². The lowest BCUT2D eigenvalue weighted by molar-refractivity contribution is 0.807. The van der Waals surface area contributed by atoms with Crippen molar-refractivity contribution in [2.24, 2.45) is 0 Å². The highest BCUT2D eigenvalue weighted by Crippen LogP contribution is 2.20. The average Bonchev–Trinajstić information content (AvgIpc) is 2.89. The lowest BCUT2D eigenvalue weighted by Crippen LogP contribution is -2.01. The van der Waals surface area contributed by atoms with E-state index in [-0.39, 0.29) is 0 Å². The van der Waals surface area contributed by atoms with E-state index in [2.05, 4.69) is 52.9 Å². The topological polar surface area (TPSA) is 43.8 Å². The fraction of sp³-hybridized carbons (Fsp3) is 0.118. The predicted molar refractivity (Wildman–Crippen MR) is 82.4 cm³/mol. The van der Waals surface area contributed by atoms with E-state index in [1.807, 2.05) is 24.5 Å². The van der Waals surface area contributed by atoms with Crippen LogP contribution in [0.3, 0.4) is 0 Å². The first-order chi connectivity index (χ1) is 9.72. The van der Waals surface area contributed by atoms with Gasteiger partial charge in [-0.25, -0.2) is 4.98 Å². The number of imidazole rings is 1. The van der Waals surface area contributed by atoms with Gasteiger partial charge in [0.1, 0.15) is 5.82 Å². The van der Waals surface area contributed by atoms with Gasteiger partial charge in [0.05, 0.1) is 0 Å². The first kappa shape index (κ1) is 12.5. The molecule has 3 rings (SSSR count). The average molecular weight is 263 g/mol. The third-order valence-electron chi connectivity index (χ3n) is 3.32. The lowest BCUT2D eigenvalue weighted by atomic mass is 10.1. The summed E-state index contributed by atoms with van der Waals surface area (Å²) in [6.07, 6.45) is 3.85. The molecule has 0 radical (unpaired) electrons. The second-order valence-corrected chi connectivity index (χ2v) is 4.99. The Morgan fingerprint density at radius 2 is 1.90 bits per heavy atom. The maximum atomic E-state index is 5.72. The van der Waals surface area contributed by atoms with E-state index >= 15 is 0 Å². The van der Waals surface area contributed by atoms with Crippen molar-refractivity contribution < 1.29 is 0 Å². The van der Waals surface area contributed by atoms with Gasteiger partial charge in [-0.3, -0.25) is 0 Å². The predicted octanol–water partition coefficient (Wildman–Crippen LogP) is 3.49. The fourth-order valence-corrected chi connectivity index (χ4v) is 2.30. The summed E-state index contributed by atoms with van der Waals surface area (Å²) in [7, 11) is 0. The summed E-state index contributed by atoms with van der Waals surface area (Å²) in [6, 6.07) is 16.4. The number of hydrogen-bond donors (Lipinski definition) is 1. The summed E-state index contributed by atoms with van der Waals surface area (Å²) in [5.74, 6) is 0.991. The number of nitrogens with two attached hydrogens (primary N) is 1.